The lowest BCUT2D eigenvalue weighted by molar-refractivity contribution is -0.122. The molecule has 1 atom stereocenters. The Hall–Kier alpha value is -2.82. The van der Waals surface area contributed by atoms with Gasteiger partial charge in [0.05, 0.1) is 13.0 Å². The van der Waals surface area contributed by atoms with Crippen molar-refractivity contribution >= 4 is 17.5 Å². The van der Waals surface area contributed by atoms with E-state index in [1.807, 2.05) is 19.1 Å². The third-order valence-electron chi connectivity index (χ3n) is 4.77. The summed E-state index contributed by atoms with van der Waals surface area (Å²) in [6.45, 7) is 6.77. The van der Waals surface area contributed by atoms with Crippen LogP contribution in [0.4, 0.5) is 5.69 Å². The smallest absolute Gasteiger partial charge is 0.227 e. The highest BCUT2D eigenvalue weighted by atomic mass is 16.5. The quantitative estimate of drug-likeness (QED) is 0.580. The van der Waals surface area contributed by atoms with Gasteiger partial charge in [-0.25, -0.2) is 0 Å². The average Bonchev–Trinajstić information content (AvgIpc) is 2.71. The van der Waals surface area contributed by atoms with Gasteiger partial charge in [-0.15, -0.1) is 0 Å². The molecule has 0 saturated carbocycles. The summed E-state index contributed by atoms with van der Waals surface area (Å²) in [5.74, 6) is 1.06. The normalized spacial score (nSPS) is 11.8. The zero-order chi connectivity index (χ0) is 21.2. The maximum absolute atomic E-state index is 12.4. The Labute approximate surface area is 173 Å². The maximum atomic E-state index is 12.4. The lowest BCUT2D eigenvalue weighted by Crippen LogP contribution is -2.29. The van der Waals surface area contributed by atoms with E-state index in [1.165, 1.54) is 5.56 Å². The maximum Gasteiger partial charge on any atom is 0.227 e. The number of hydrogen-bond donors (Lipinski definition) is 2. The van der Waals surface area contributed by atoms with Crippen LogP contribution >= 0.6 is 0 Å². The van der Waals surface area contributed by atoms with Gasteiger partial charge in [-0.3, -0.25) is 9.59 Å². The molecule has 156 valence electrons. The predicted octanol–water partition coefficient (Wildman–Crippen LogP) is 4.53. The summed E-state index contributed by atoms with van der Waals surface area (Å²) in [6, 6.07) is 15.5. The second-order valence-corrected chi connectivity index (χ2v) is 7.73. The van der Waals surface area contributed by atoms with Crippen LogP contribution in [0.5, 0.6) is 5.75 Å². The van der Waals surface area contributed by atoms with Crippen molar-refractivity contribution in [2.75, 3.05) is 19.0 Å². The van der Waals surface area contributed by atoms with Crippen molar-refractivity contribution in [3.63, 3.8) is 0 Å². The van der Waals surface area contributed by atoms with Gasteiger partial charge in [-0.05, 0) is 61.1 Å². The molecule has 5 nitrogen and oxygen atoms in total. The summed E-state index contributed by atoms with van der Waals surface area (Å²) in [6.07, 6.45) is 1.98. The lowest BCUT2D eigenvalue weighted by Gasteiger charge is -2.14. The van der Waals surface area contributed by atoms with Crippen molar-refractivity contribution < 1.29 is 14.3 Å². The van der Waals surface area contributed by atoms with E-state index in [9.17, 15) is 9.59 Å². The van der Waals surface area contributed by atoms with Gasteiger partial charge in [0.25, 0.3) is 0 Å². The molecule has 0 aliphatic heterocycles. The molecule has 2 amide bonds. The molecule has 5 heteroatoms. The first kappa shape index (κ1) is 22.5. The van der Waals surface area contributed by atoms with Crippen LogP contribution in [0.15, 0.2) is 48.5 Å². The number of hydrogen-bond acceptors (Lipinski definition) is 3. The van der Waals surface area contributed by atoms with Crippen LogP contribution < -0.4 is 15.4 Å². The van der Waals surface area contributed by atoms with Gasteiger partial charge < -0.3 is 15.4 Å². The molecule has 2 N–H and O–H groups in total. The Morgan fingerprint density at radius 2 is 1.62 bits per heavy atom. The van der Waals surface area contributed by atoms with Gasteiger partial charge >= 0.3 is 0 Å². The average molecular weight is 397 g/mol. The van der Waals surface area contributed by atoms with Crippen molar-refractivity contribution in [2.45, 2.75) is 46.0 Å². The fraction of sp³-hybridized carbons (Fsp3) is 0.417. The molecule has 29 heavy (non-hydrogen) atoms. The second-order valence-electron chi connectivity index (χ2n) is 7.73. The van der Waals surface area contributed by atoms with E-state index in [4.69, 9.17) is 4.74 Å². The van der Waals surface area contributed by atoms with E-state index >= 15 is 0 Å². The molecule has 0 radical (unpaired) electrons. The molecular weight excluding hydrogens is 364 g/mol. The van der Waals surface area contributed by atoms with Crippen molar-refractivity contribution in [3.8, 4) is 5.75 Å². The summed E-state index contributed by atoms with van der Waals surface area (Å²) < 4.78 is 5.10. The second kappa shape index (κ2) is 11.2. The Morgan fingerprint density at radius 1 is 0.966 bits per heavy atom. The van der Waals surface area contributed by atoms with Gasteiger partial charge in [0.2, 0.25) is 11.8 Å². The van der Waals surface area contributed by atoms with Crippen LogP contribution in [-0.2, 0) is 16.0 Å². The van der Waals surface area contributed by atoms with Crippen molar-refractivity contribution in [3.05, 3.63) is 59.7 Å². The summed E-state index contributed by atoms with van der Waals surface area (Å²) in [5.41, 5.74) is 3.03. The standard InChI is InChI=1S/C24H32N2O3/c1-17(2)16-19-7-9-20(10-8-19)18(3)24(28)25-15-5-6-23(27)26-21-11-13-22(29-4)14-12-21/h7-14,17-18H,5-6,15-16H2,1-4H3,(H,25,28)(H,26,27). The third kappa shape index (κ3) is 7.60. The minimum atomic E-state index is -0.212. The Kier molecular flexibility index (Phi) is 8.71. The number of ether oxygens (including phenoxy) is 1. The van der Waals surface area contributed by atoms with Crippen LogP contribution in [0.3, 0.4) is 0 Å². The summed E-state index contributed by atoms with van der Waals surface area (Å²) >= 11 is 0. The molecule has 2 rings (SSSR count). The Bertz CT molecular complexity index is 783. The summed E-state index contributed by atoms with van der Waals surface area (Å²) in [4.78, 5) is 24.4. The molecule has 2 aromatic carbocycles. The van der Waals surface area contributed by atoms with Crippen LogP contribution in [0, 0.1) is 5.92 Å². The van der Waals surface area contributed by atoms with Gasteiger partial charge in [0.15, 0.2) is 0 Å². The molecule has 0 aliphatic rings. The number of anilines is 1. The molecule has 0 bridgehead atoms. The lowest BCUT2D eigenvalue weighted by atomic mass is 9.96. The molecule has 1 unspecified atom stereocenters. The highest BCUT2D eigenvalue weighted by molar-refractivity contribution is 5.90. The molecule has 0 aliphatic carbocycles. The van der Waals surface area contributed by atoms with E-state index < -0.39 is 0 Å². The number of methoxy groups -OCH3 is 1. The SMILES string of the molecule is COc1ccc(NC(=O)CCCNC(=O)C(C)c2ccc(CC(C)C)cc2)cc1. The number of nitrogens with one attached hydrogen (secondary N) is 2. The molecule has 0 fully saturated rings. The first-order chi connectivity index (χ1) is 13.9. The minimum absolute atomic E-state index is 0.0165. The molecule has 0 aromatic heterocycles. The van der Waals surface area contributed by atoms with Crippen molar-refractivity contribution in [1.29, 1.82) is 0 Å². The molecule has 0 heterocycles. The highest BCUT2D eigenvalue weighted by Crippen LogP contribution is 2.18. The fourth-order valence-electron chi connectivity index (χ4n) is 3.08. The molecular formula is C24H32N2O3. The van der Waals surface area contributed by atoms with Crippen LogP contribution in [0.2, 0.25) is 0 Å². The molecule has 0 spiro atoms. The van der Waals surface area contributed by atoms with E-state index in [2.05, 4.69) is 36.6 Å². The van der Waals surface area contributed by atoms with Crippen molar-refractivity contribution in [1.82, 2.24) is 5.32 Å². The van der Waals surface area contributed by atoms with Crippen LogP contribution in [-0.4, -0.2) is 25.5 Å². The Morgan fingerprint density at radius 3 is 2.21 bits per heavy atom. The van der Waals surface area contributed by atoms with Crippen LogP contribution in [0.1, 0.15) is 50.7 Å². The van der Waals surface area contributed by atoms with Gasteiger partial charge in [0.1, 0.15) is 5.75 Å². The van der Waals surface area contributed by atoms with Crippen LogP contribution in [0.25, 0.3) is 0 Å². The largest absolute Gasteiger partial charge is 0.497 e. The zero-order valence-corrected chi connectivity index (χ0v) is 17.8. The number of amides is 2. The molecule has 2 aromatic rings. The fourth-order valence-corrected chi connectivity index (χ4v) is 3.08. The minimum Gasteiger partial charge on any atom is -0.497 e. The first-order valence-electron chi connectivity index (χ1n) is 10.2. The molecule has 0 saturated heterocycles. The first-order valence-corrected chi connectivity index (χ1v) is 10.2. The summed E-state index contributed by atoms with van der Waals surface area (Å²) in [5, 5.41) is 5.77. The van der Waals surface area contributed by atoms with Gasteiger partial charge in [-0.2, -0.15) is 0 Å². The highest BCUT2D eigenvalue weighted by Gasteiger charge is 2.15. The van der Waals surface area contributed by atoms with E-state index in [0.717, 1.165) is 23.4 Å². The summed E-state index contributed by atoms with van der Waals surface area (Å²) in [7, 11) is 1.60. The van der Waals surface area contributed by atoms with E-state index in [1.54, 1.807) is 31.4 Å². The van der Waals surface area contributed by atoms with Gasteiger partial charge in [0, 0.05) is 18.7 Å². The topological polar surface area (TPSA) is 67.4 Å². The monoisotopic (exact) mass is 396 g/mol. The zero-order valence-electron chi connectivity index (χ0n) is 17.8. The van der Waals surface area contributed by atoms with E-state index in [0.29, 0.717) is 25.3 Å². The predicted molar refractivity (Wildman–Crippen MR) is 117 cm³/mol. The number of benzene rings is 2. The number of rotatable bonds is 10. The van der Waals surface area contributed by atoms with Crippen molar-refractivity contribution in [2.24, 2.45) is 5.92 Å². The van der Waals surface area contributed by atoms with E-state index in [-0.39, 0.29) is 17.7 Å². The third-order valence-corrected chi connectivity index (χ3v) is 4.77. The number of carbonyl (C=O) groups is 2. The number of carbonyl (C=O) groups excluding carboxylic acids is 2. The Balaban J connectivity index is 1.70. The van der Waals surface area contributed by atoms with Gasteiger partial charge in [-0.1, -0.05) is 38.1 Å².